The SMILES string of the molecule is CS(=O)(=O)NCCCNC(=O)CCC1CCCCN1. The summed E-state index contributed by atoms with van der Waals surface area (Å²) in [6.45, 7) is 1.94. The highest BCUT2D eigenvalue weighted by Gasteiger charge is 2.13. The Morgan fingerprint density at radius 1 is 1.32 bits per heavy atom. The van der Waals surface area contributed by atoms with Crippen LogP contribution in [0.4, 0.5) is 0 Å². The molecule has 0 aromatic heterocycles. The molecule has 6 nitrogen and oxygen atoms in total. The molecule has 1 fully saturated rings. The van der Waals surface area contributed by atoms with Crippen molar-refractivity contribution in [1.29, 1.82) is 0 Å². The second-order valence-corrected chi connectivity index (χ2v) is 6.89. The molecule has 1 rings (SSSR count). The molecule has 112 valence electrons. The molecule has 0 bridgehead atoms. The van der Waals surface area contributed by atoms with E-state index in [0.717, 1.165) is 25.6 Å². The summed E-state index contributed by atoms with van der Waals surface area (Å²) in [7, 11) is -3.12. The van der Waals surface area contributed by atoms with Crippen molar-refractivity contribution in [2.75, 3.05) is 25.9 Å². The molecule has 0 aromatic carbocycles. The fourth-order valence-corrected chi connectivity index (χ4v) is 2.65. The standard InChI is InChI=1S/C12H25N3O3S/c1-19(17,18)15-10-4-9-14-12(16)7-6-11-5-2-3-8-13-11/h11,13,15H,2-10H2,1H3,(H,14,16). The third kappa shape index (κ3) is 8.96. The van der Waals surface area contributed by atoms with Crippen LogP contribution in [0, 0.1) is 0 Å². The summed E-state index contributed by atoms with van der Waals surface area (Å²) in [6, 6.07) is 0.478. The Morgan fingerprint density at radius 3 is 2.74 bits per heavy atom. The summed E-state index contributed by atoms with van der Waals surface area (Å²) >= 11 is 0. The molecule has 7 heteroatoms. The molecule has 1 amide bonds. The van der Waals surface area contributed by atoms with E-state index in [4.69, 9.17) is 0 Å². The van der Waals surface area contributed by atoms with Gasteiger partial charge in [-0.15, -0.1) is 0 Å². The normalized spacial score (nSPS) is 20.2. The van der Waals surface area contributed by atoms with Gasteiger partial charge in [-0.25, -0.2) is 13.1 Å². The Labute approximate surface area is 115 Å². The van der Waals surface area contributed by atoms with Gasteiger partial charge in [-0.2, -0.15) is 0 Å². The summed E-state index contributed by atoms with van der Waals surface area (Å²) in [4.78, 5) is 11.6. The van der Waals surface area contributed by atoms with Crippen LogP contribution >= 0.6 is 0 Å². The smallest absolute Gasteiger partial charge is 0.220 e. The molecule has 3 N–H and O–H groups in total. The number of amides is 1. The first-order valence-corrected chi connectivity index (χ1v) is 8.81. The lowest BCUT2D eigenvalue weighted by molar-refractivity contribution is -0.121. The van der Waals surface area contributed by atoms with E-state index < -0.39 is 10.0 Å². The zero-order valence-electron chi connectivity index (χ0n) is 11.6. The van der Waals surface area contributed by atoms with Crippen LogP contribution in [0.3, 0.4) is 0 Å². The minimum Gasteiger partial charge on any atom is -0.356 e. The van der Waals surface area contributed by atoms with Crippen LogP contribution in [-0.2, 0) is 14.8 Å². The lowest BCUT2D eigenvalue weighted by atomic mass is 10.0. The maximum atomic E-state index is 11.6. The summed E-state index contributed by atoms with van der Waals surface area (Å²) in [5.41, 5.74) is 0. The van der Waals surface area contributed by atoms with Gasteiger partial charge in [-0.3, -0.25) is 4.79 Å². The van der Waals surface area contributed by atoms with Crippen molar-refractivity contribution >= 4 is 15.9 Å². The summed E-state index contributed by atoms with van der Waals surface area (Å²) in [6.07, 6.45) is 6.80. The first-order chi connectivity index (χ1) is 8.97. The zero-order valence-corrected chi connectivity index (χ0v) is 12.4. The maximum absolute atomic E-state index is 11.6. The van der Waals surface area contributed by atoms with Gasteiger partial charge in [0.05, 0.1) is 6.26 Å². The van der Waals surface area contributed by atoms with Gasteiger partial charge in [0.2, 0.25) is 15.9 Å². The quantitative estimate of drug-likeness (QED) is 0.548. The monoisotopic (exact) mass is 291 g/mol. The van der Waals surface area contributed by atoms with Crippen molar-refractivity contribution in [3.8, 4) is 0 Å². The average molecular weight is 291 g/mol. The van der Waals surface area contributed by atoms with Crippen LogP contribution in [0.5, 0.6) is 0 Å². The van der Waals surface area contributed by atoms with E-state index in [-0.39, 0.29) is 5.91 Å². The van der Waals surface area contributed by atoms with Crippen LogP contribution in [-0.4, -0.2) is 46.3 Å². The molecule has 19 heavy (non-hydrogen) atoms. The van der Waals surface area contributed by atoms with Crippen molar-refractivity contribution in [2.45, 2.75) is 44.6 Å². The predicted molar refractivity (Wildman–Crippen MR) is 75.3 cm³/mol. The molecule has 0 saturated carbocycles. The minimum absolute atomic E-state index is 0.0479. The lowest BCUT2D eigenvalue weighted by Gasteiger charge is -2.23. The van der Waals surface area contributed by atoms with Crippen LogP contribution in [0.15, 0.2) is 0 Å². The number of hydrogen-bond donors (Lipinski definition) is 3. The van der Waals surface area contributed by atoms with E-state index in [1.54, 1.807) is 0 Å². The molecule has 1 atom stereocenters. The molecule has 1 saturated heterocycles. The molecule has 0 aromatic rings. The van der Waals surface area contributed by atoms with Crippen LogP contribution < -0.4 is 15.4 Å². The van der Waals surface area contributed by atoms with Crippen molar-refractivity contribution in [3.63, 3.8) is 0 Å². The molecular weight excluding hydrogens is 266 g/mol. The summed E-state index contributed by atoms with van der Waals surface area (Å²) in [5.74, 6) is 0.0479. The van der Waals surface area contributed by atoms with Gasteiger partial charge >= 0.3 is 0 Å². The highest BCUT2D eigenvalue weighted by atomic mass is 32.2. The highest BCUT2D eigenvalue weighted by Crippen LogP contribution is 2.11. The number of sulfonamides is 1. The van der Waals surface area contributed by atoms with Gasteiger partial charge in [-0.05, 0) is 32.2 Å². The predicted octanol–water partition coefficient (Wildman–Crippen LogP) is -0.0358. The van der Waals surface area contributed by atoms with Crippen LogP contribution in [0.2, 0.25) is 0 Å². The molecule has 0 radical (unpaired) electrons. The third-order valence-corrected chi connectivity index (χ3v) is 3.90. The van der Waals surface area contributed by atoms with Crippen LogP contribution in [0.25, 0.3) is 0 Å². The van der Waals surface area contributed by atoms with E-state index in [1.165, 1.54) is 12.8 Å². The van der Waals surface area contributed by atoms with Crippen molar-refractivity contribution < 1.29 is 13.2 Å². The van der Waals surface area contributed by atoms with Gasteiger partial charge in [0.15, 0.2) is 0 Å². The lowest BCUT2D eigenvalue weighted by Crippen LogP contribution is -2.35. The largest absolute Gasteiger partial charge is 0.356 e. The zero-order chi connectivity index (χ0) is 14.1. The van der Waals surface area contributed by atoms with E-state index in [2.05, 4.69) is 15.4 Å². The minimum atomic E-state index is -3.12. The summed E-state index contributed by atoms with van der Waals surface area (Å²) < 4.78 is 24.0. The number of carbonyl (C=O) groups is 1. The number of hydrogen-bond acceptors (Lipinski definition) is 4. The van der Waals surface area contributed by atoms with Crippen molar-refractivity contribution in [3.05, 3.63) is 0 Å². The molecule has 0 aliphatic carbocycles. The Kier molecular flexibility index (Phi) is 7.33. The van der Waals surface area contributed by atoms with Gasteiger partial charge in [-0.1, -0.05) is 6.42 Å². The third-order valence-electron chi connectivity index (χ3n) is 3.17. The van der Waals surface area contributed by atoms with Gasteiger partial charge in [0.1, 0.15) is 0 Å². The molecular formula is C12H25N3O3S. The second-order valence-electron chi connectivity index (χ2n) is 5.06. The fourth-order valence-electron chi connectivity index (χ4n) is 2.14. The Bertz CT molecular complexity index is 364. The average Bonchev–Trinajstić information content (AvgIpc) is 2.36. The molecule has 1 aliphatic rings. The Balaban J connectivity index is 1.98. The van der Waals surface area contributed by atoms with E-state index >= 15 is 0 Å². The number of rotatable bonds is 8. The summed E-state index contributed by atoms with van der Waals surface area (Å²) in [5, 5.41) is 6.22. The number of nitrogens with one attached hydrogen (secondary N) is 3. The van der Waals surface area contributed by atoms with E-state index in [9.17, 15) is 13.2 Å². The van der Waals surface area contributed by atoms with Crippen LogP contribution in [0.1, 0.15) is 38.5 Å². The Morgan fingerprint density at radius 2 is 2.11 bits per heavy atom. The van der Waals surface area contributed by atoms with E-state index in [0.29, 0.717) is 32.0 Å². The van der Waals surface area contributed by atoms with Crippen molar-refractivity contribution in [1.82, 2.24) is 15.4 Å². The maximum Gasteiger partial charge on any atom is 0.220 e. The molecule has 1 unspecified atom stereocenters. The number of carbonyl (C=O) groups excluding carboxylic acids is 1. The van der Waals surface area contributed by atoms with Gasteiger partial charge in [0.25, 0.3) is 0 Å². The number of piperidine rings is 1. The topological polar surface area (TPSA) is 87.3 Å². The van der Waals surface area contributed by atoms with Gasteiger partial charge < -0.3 is 10.6 Å². The molecule has 1 heterocycles. The molecule has 0 spiro atoms. The first kappa shape index (κ1) is 16.4. The second kappa shape index (κ2) is 8.50. The van der Waals surface area contributed by atoms with Gasteiger partial charge in [0, 0.05) is 25.6 Å². The van der Waals surface area contributed by atoms with E-state index in [1.807, 2.05) is 0 Å². The van der Waals surface area contributed by atoms with Crippen molar-refractivity contribution in [2.24, 2.45) is 0 Å². The highest BCUT2D eigenvalue weighted by molar-refractivity contribution is 7.88. The fraction of sp³-hybridized carbons (Fsp3) is 0.917. The molecule has 1 aliphatic heterocycles. The Hall–Kier alpha value is -0.660. The first-order valence-electron chi connectivity index (χ1n) is 6.92.